The number of halogens is 2. The number of pyridine rings is 1. The van der Waals surface area contributed by atoms with Gasteiger partial charge in [0.15, 0.2) is 0 Å². The van der Waals surface area contributed by atoms with Crippen LogP contribution in [0.15, 0.2) is 113 Å². The van der Waals surface area contributed by atoms with Crippen molar-refractivity contribution in [2.24, 2.45) is 5.10 Å². The molecular formula is C32H23BrFN3O. The van der Waals surface area contributed by atoms with E-state index in [0.717, 1.165) is 49.0 Å². The number of carbonyl (C=O) groups excluding carboxylic acids is 1. The Morgan fingerprint density at radius 3 is 2.29 bits per heavy atom. The molecule has 186 valence electrons. The van der Waals surface area contributed by atoms with Crippen LogP contribution in [0.1, 0.15) is 39.6 Å². The smallest absolute Gasteiger partial charge is 0.267 e. The molecule has 6 heteroatoms. The first-order valence-corrected chi connectivity index (χ1v) is 13.2. The molecule has 1 aliphatic heterocycles. The van der Waals surface area contributed by atoms with Crippen molar-refractivity contribution >= 4 is 38.5 Å². The van der Waals surface area contributed by atoms with Crippen molar-refractivity contribution in [1.29, 1.82) is 0 Å². The quantitative estimate of drug-likeness (QED) is 0.221. The van der Waals surface area contributed by atoms with Gasteiger partial charge in [-0.2, -0.15) is 5.10 Å². The van der Waals surface area contributed by atoms with Crippen LogP contribution in [0.2, 0.25) is 0 Å². The van der Waals surface area contributed by atoms with Gasteiger partial charge in [0.2, 0.25) is 0 Å². The van der Waals surface area contributed by atoms with E-state index in [4.69, 9.17) is 10.1 Å². The normalized spacial score (nSPS) is 15.1. The average Bonchev–Trinajstić information content (AvgIpc) is 3.38. The number of nitrogens with zero attached hydrogens (tertiary/aromatic N) is 3. The highest BCUT2D eigenvalue weighted by atomic mass is 79.9. The number of hydrogen-bond donors (Lipinski definition) is 0. The molecule has 0 saturated heterocycles. The molecule has 1 atom stereocenters. The Bertz CT molecular complexity index is 1690. The third kappa shape index (κ3) is 4.41. The lowest BCUT2D eigenvalue weighted by atomic mass is 9.89. The number of aryl methyl sites for hydroxylation is 1. The van der Waals surface area contributed by atoms with E-state index in [1.165, 1.54) is 29.3 Å². The number of rotatable bonds is 4. The van der Waals surface area contributed by atoms with E-state index in [1.807, 2.05) is 67.6 Å². The summed E-state index contributed by atoms with van der Waals surface area (Å²) in [5, 5.41) is 7.49. The van der Waals surface area contributed by atoms with Gasteiger partial charge in [-0.3, -0.25) is 9.78 Å². The molecule has 0 radical (unpaired) electrons. The Balaban J connectivity index is 1.56. The second-order valence-electron chi connectivity index (χ2n) is 9.31. The molecule has 0 saturated carbocycles. The SMILES string of the molecule is Cc1nc2ccc(Br)cc2c(-c2ccccc2)c1C1=NN(C(=O)c2ccc(F)cc2)[C@H](c2ccccc2)C1. The van der Waals surface area contributed by atoms with Crippen molar-refractivity contribution in [3.63, 3.8) is 0 Å². The first-order valence-electron chi connectivity index (χ1n) is 12.4. The summed E-state index contributed by atoms with van der Waals surface area (Å²) in [6.45, 7) is 1.99. The van der Waals surface area contributed by atoms with Gasteiger partial charge in [-0.15, -0.1) is 0 Å². The summed E-state index contributed by atoms with van der Waals surface area (Å²) in [5.41, 5.74) is 6.92. The molecule has 4 aromatic carbocycles. The predicted octanol–water partition coefficient (Wildman–Crippen LogP) is 8.10. The van der Waals surface area contributed by atoms with E-state index in [1.54, 1.807) is 0 Å². The third-order valence-electron chi connectivity index (χ3n) is 6.87. The minimum Gasteiger partial charge on any atom is -0.267 e. The van der Waals surface area contributed by atoms with Gasteiger partial charge in [-0.05, 0) is 60.5 Å². The second kappa shape index (κ2) is 9.95. The maximum atomic E-state index is 13.7. The standard InChI is InChI=1S/C32H23BrFN3O/c1-20-30(31(22-10-6-3-7-11-22)26-18-24(33)14-17-27(26)35-20)28-19-29(21-8-4-2-5-9-21)37(36-28)32(38)23-12-15-25(34)16-13-23/h2-18,29H,19H2,1H3/t29-/m0/s1. The largest absolute Gasteiger partial charge is 0.274 e. The molecule has 2 heterocycles. The van der Waals surface area contributed by atoms with E-state index < -0.39 is 0 Å². The number of aromatic nitrogens is 1. The van der Waals surface area contributed by atoms with Gasteiger partial charge in [-0.1, -0.05) is 76.6 Å². The Hall–Kier alpha value is -4.16. The Kier molecular flexibility index (Phi) is 6.34. The van der Waals surface area contributed by atoms with Crippen LogP contribution in [-0.4, -0.2) is 21.6 Å². The number of fused-ring (bicyclic) bond motifs is 1. The van der Waals surface area contributed by atoms with Crippen molar-refractivity contribution in [3.05, 3.63) is 136 Å². The van der Waals surface area contributed by atoms with Crippen molar-refractivity contribution in [3.8, 4) is 11.1 Å². The van der Waals surface area contributed by atoms with E-state index in [2.05, 4.69) is 34.1 Å². The Morgan fingerprint density at radius 2 is 1.58 bits per heavy atom. The summed E-state index contributed by atoms with van der Waals surface area (Å²) >= 11 is 3.63. The second-order valence-corrected chi connectivity index (χ2v) is 10.2. The molecule has 1 aliphatic rings. The van der Waals surface area contributed by atoms with Crippen LogP contribution in [-0.2, 0) is 0 Å². The van der Waals surface area contributed by atoms with Gasteiger partial charge in [0.1, 0.15) is 5.82 Å². The lowest BCUT2D eigenvalue weighted by molar-refractivity contribution is 0.0711. The van der Waals surface area contributed by atoms with Crippen LogP contribution < -0.4 is 0 Å². The molecule has 0 unspecified atom stereocenters. The highest BCUT2D eigenvalue weighted by molar-refractivity contribution is 9.10. The molecule has 6 rings (SSSR count). The van der Waals surface area contributed by atoms with Crippen molar-refractivity contribution < 1.29 is 9.18 Å². The van der Waals surface area contributed by atoms with E-state index in [0.29, 0.717) is 12.0 Å². The third-order valence-corrected chi connectivity index (χ3v) is 7.37. The Morgan fingerprint density at radius 1 is 0.895 bits per heavy atom. The van der Waals surface area contributed by atoms with Crippen LogP contribution in [0.3, 0.4) is 0 Å². The average molecular weight is 564 g/mol. The predicted molar refractivity (Wildman–Crippen MR) is 153 cm³/mol. The summed E-state index contributed by atoms with van der Waals surface area (Å²) in [6.07, 6.45) is 0.527. The zero-order chi connectivity index (χ0) is 26.2. The zero-order valence-corrected chi connectivity index (χ0v) is 22.2. The highest BCUT2D eigenvalue weighted by Gasteiger charge is 2.35. The van der Waals surface area contributed by atoms with Crippen LogP contribution in [0, 0.1) is 12.7 Å². The van der Waals surface area contributed by atoms with Crippen LogP contribution in [0.25, 0.3) is 22.0 Å². The molecular weight excluding hydrogens is 541 g/mol. The topological polar surface area (TPSA) is 45.6 Å². The Labute approximate surface area is 228 Å². The molecule has 0 fully saturated rings. The van der Waals surface area contributed by atoms with Gasteiger partial charge >= 0.3 is 0 Å². The fraction of sp³-hybridized carbons (Fsp3) is 0.0938. The fourth-order valence-electron chi connectivity index (χ4n) is 5.12. The van der Waals surface area contributed by atoms with E-state index in [9.17, 15) is 9.18 Å². The molecule has 0 bridgehead atoms. The number of hydrogen-bond acceptors (Lipinski definition) is 3. The lowest BCUT2D eigenvalue weighted by Crippen LogP contribution is -2.27. The summed E-state index contributed by atoms with van der Waals surface area (Å²) in [6, 6.07) is 31.5. The number of benzene rings is 4. The number of amides is 1. The number of hydrazone groups is 1. The van der Waals surface area contributed by atoms with Gasteiger partial charge in [0.05, 0.1) is 17.3 Å². The maximum absolute atomic E-state index is 13.7. The van der Waals surface area contributed by atoms with E-state index in [-0.39, 0.29) is 17.8 Å². The minimum atomic E-state index is -0.386. The molecule has 1 amide bonds. The van der Waals surface area contributed by atoms with Crippen LogP contribution >= 0.6 is 15.9 Å². The maximum Gasteiger partial charge on any atom is 0.274 e. The molecule has 4 nitrogen and oxygen atoms in total. The summed E-state index contributed by atoms with van der Waals surface area (Å²) in [7, 11) is 0. The summed E-state index contributed by atoms with van der Waals surface area (Å²) in [5.74, 6) is -0.660. The minimum absolute atomic E-state index is 0.274. The van der Waals surface area contributed by atoms with Crippen molar-refractivity contribution in [1.82, 2.24) is 9.99 Å². The molecule has 38 heavy (non-hydrogen) atoms. The number of carbonyl (C=O) groups is 1. The van der Waals surface area contributed by atoms with E-state index >= 15 is 0 Å². The highest BCUT2D eigenvalue weighted by Crippen LogP contribution is 2.40. The molecule has 0 aliphatic carbocycles. The molecule has 0 N–H and O–H groups in total. The zero-order valence-electron chi connectivity index (χ0n) is 20.6. The molecule has 5 aromatic rings. The fourth-order valence-corrected chi connectivity index (χ4v) is 5.49. The lowest BCUT2D eigenvalue weighted by Gasteiger charge is -2.22. The molecule has 0 spiro atoms. The summed E-state index contributed by atoms with van der Waals surface area (Å²) < 4.78 is 14.6. The van der Waals surface area contributed by atoms with Crippen LogP contribution in [0.5, 0.6) is 0 Å². The van der Waals surface area contributed by atoms with Gasteiger partial charge in [0.25, 0.3) is 5.91 Å². The first kappa shape index (κ1) is 24.2. The summed E-state index contributed by atoms with van der Waals surface area (Å²) in [4.78, 5) is 18.6. The van der Waals surface area contributed by atoms with Gasteiger partial charge < -0.3 is 0 Å². The molecule has 1 aromatic heterocycles. The van der Waals surface area contributed by atoms with Crippen LogP contribution in [0.4, 0.5) is 4.39 Å². The van der Waals surface area contributed by atoms with Crippen molar-refractivity contribution in [2.75, 3.05) is 0 Å². The van der Waals surface area contributed by atoms with Crippen molar-refractivity contribution in [2.45, 2.75) is 19.4 Å². The van der Waals surface area contributed by atoms with Gasteiger partial charge in [-0.25, -0.2) is 9.40 Å². The monoisotopic (exact) mass is 563 g/mol. The van der Waals surface area contributed by atoms with Gasteiger partial charge in [0, 0.05) is 38.7 Å². The first-order chi connectivity index (χ1) is 18.5.